The van der Waals surface area contributed by atoms with Crippen LogP contribution in [0.2, 0.25) is 0 Å². The van der Waals surface area contributed by atoms with Gasteiger partial charge in [-0.3, -0.25) is 14.7 Å². The normalized spacial score (nSPS) is 16.4. The van der Waals surface area contributed by atoms with Gasteiger partial charge in [-0.2, -0.15) is 0 Å². The van der Waals surface area contributed by atoms with Gasteiger partial charge in [0.05, 0.1) is 13.2 Å². The molecule has 2 N–H and O–H groups in total. The molecule has 1 aliphatic heterocycles. The van der Waals surface area contributed by atoms with Crippen LogP contribution in [0, 0.1) is 0 Å². The zero-order valence-corrected chi connectivity index (χ0v) is 11.9. The Bertz CT molecular complexity index is 632. The van der Waals surface area contributed by atoms with Gasteiger partial charge >= 0.3 is 0 Å². The van der Waals surface area contributed by atoms with Crippen molar-refractivity contribution in [2.75, 3.05) is 32.8 Å². The van der Waals surface area contributed by atoms with Crippen LogP contribution >= 0.6 is 0 Å². The Hall–Kier alpha value is -1.92. The average Bonchev–Trinajstić information content (AvgIpc) is 2.91. The molecule has 3 heterocycles. The van der Waals surface area contributed by atoms with Gasteiger partial charge in [0, 0.05) is 19.3 Å². The van der Waals surface area contributed by atoms with Crippen LogP contribution in [0.15, 0.2) is 22.9 Å². The van der Waals surface area contributed by atoms with E-state index in [-0.39, 0.29) is 0 Å². The van der Waals surface area contributed by atoms with Crippen LogP contribution in [-0.4, -0.2) is 48.6 Å². The number of hydrogen-bond acceptors (Lipinski definition) is 5. The predicted octanol–water partition coefficient (Wildman–Crippen LogP) is 1.19. The highest BCUT2D eigenvalue weighted by atomic mass is 16.5. The molecule has 0 unspecified atom stereocenters. The number of aryl methyl sites for hydroxylation is 1. The Morgan fingerprint density at radius 2 is 2.19 bits per heavy atom. The van der Waals surface area contributed by atoms with Crippen molar-refractivity contribution >= 4 is 17.0 Å². The van der Waals surface area contributed by atoms with Crippen LogP contribution < -0.4 is 5.73 Å². The molecule has 1 amide bonds. The van der Waals surface area contributed by atoms with E-state index >= 15 is 0 Å². The second-order valence-electron chi connectivity index (χ2n) is 5.26. The number of amides is 1. The molecule has 0 spiro atoms. The number of fused-ring (bicyclic) bond motifs is 1. The fourth-order valence-corrected chi connectivity index (χ4v) is 2.60. The number of aromatic nitrogens is 1. The Morgan fingerprint density at radius 1 is 1.38 bits per heavy atom. The molecule has 1 fully saturated rings. The smallest absolute Gasteiger partial charge is 0.254 e. The molecular formula is C15H19N3O3. The third-order valence-electron chi connectivity index (χ3n) is 3.78. The minimum absolute atomic E-state index is 0.338. The van der Waals surface area contributed by atoms with E-state index in [9.17, 15) is 4.79 Å². The van der Waals surface area contributed by atoms with Gasteiger partial charge in [0.25, 0.3) is 5.91 Å². The number of nitrogens with two attached hydrogens (primary N) is 1. The van der Waals surface area contributed by atoms with Crippen molar-refractivity contribution in [3.05, 3.63) is 29.7 Å². The lowest BCUT2D eigenvalue weighted by Crippen LogP contribution is -2.36. The summed E-state index contributed by atoms with van der Waals surface area (Å²) in [5, 5.41) is 0. The fraction of sp³-hybridized carbons (Fsp3) is 0.467. The number of furan rings is 1. The summed E-state index contributed by atoms with van der Waals surface area (Å²) in [6, 6.07) is 1.94. The first-order valence-corrected chi connectivity index (χ1v) is 7.20. The molecule has 0 aliphatic carbocycles. The summed E-state index contributed by atoms with van der Waals surface area (Å²) in [5.74, 6) is -0.513. The molecule has 0 atom stereocenters. The van der Waals surface area contributed by atoms with Crippen LogP contribution in [0.1, 0.15) is 22.3 Å². The molecule has 6 heteroatoms. The Kier molecular flexibility index (Phi) is 4.17. The largest absolute Gasteiger partial charge is 0.462 e. The molecule has 6 nitrogen and oxygen atoms in total. The Balaban J connectivity index is 1.61. The number of primary amides is 1. The molecule has 3 rings (SSSR count). The van der Waals surface area contributed by atoms with Crippen molar-refractivity contribution in [1.82, 2.24) is 9.88 Å². The van der Waals surface area contributed by atoms with E-state index in [1.807, 2.05) is 6.07 Å². The van der Waals surface area contributed by atoms with Gasteiger partial charge in [-0.05, 0) is 31.0 Å². The average molecular weight is 289 g/mol. The molecule has 1 aliphatic rings. The van der Waals surface area contributed by atoms with Gasteiger partial charge in [0.2, 0.25) is 0 Å². The lowest BCUT2D eigenvalue weighted by atomic mass is 10.1. The summed E-state index contributed by atoms with van der Waals surface area (Å²) < 4.78 is 10.7. The summed E-state index contributed by atoms with van der Waals surface area (Å²) in [7, 11) is 0. The second kappa shape index (κ2) is 6.24. The van der Waals surface area contributed by atoms with Gasteiger partial charge in [-0.25, -0.2) is 0 Å². The van der Waals surface area contributed by atoms with Crippen molar-refractivity contribution in [3.8, 4) is 0 Å². The molecule has 21 heavy (non-hydrogen) atoms. The molecule has 1 saturated heterocycles. The van der Waals surface area contributed by atoms with E-state index in [1.54, 1.807) is 6.20 Å². The molecular weight excluding hydrogens is 270 g/mol. The van der Waals surface area contributed by atoms with Crippen molar-refractivity contribution in [2.45, 2.75) is 12.8 Å². The monoisotopic (exact) mass is 289 g/mol. The van der Waals surface area contributed by atoms with Gasteiger partial charge in [0.15, 0.2) is 5.58 Å². The Morgan fingerprint density at radius 3 is 2.95 bits per heavy atom. The van der Waals surface area contributed by atoms with Crippen LogP contribution in [0.25, 0.3) is 11.1 Å². The van der Waals surface area contributed by atoms with E-state index in [2.05, 4.69) is 9.88 Å². The maximum absolute atomic E-state index is 11.2. The van der Waals surface area contributed by atoms with E-state index in [0.717, 1.165) is 51.3 Å². The molecule has 0 bridgehead atoms. The lowest BCUT2D eigenvalue weighted by Gasteiger charge is -2.26. The van der Waals surface area contributed by atoms with Gasteiger partial charge < -0.3 is 14.9 Å². The maximum atomic E-state index is 11.2. The highest BCUT2D eigenvalue weighted by Gasteiger charge is 2.13. The molecule has 0 aromatic carbocycles. The molecule has 0 saturated carbocycles. The quantitative estimate of drug-likeness (QED) is 0.894. The molecule has 2 aromatic heterocycles. The summed E-state index contributed by atoms with van der Waals surface area (Å²) in [5.41, 5.74) is 7.88. The van der Waals surface area contributed by atoms with E-state index < -0.39 is 5.91 Å². The van der Waals surface area contributed by atoms with Crippen LogP contribution in [0.5, 0.6) is 0 Å². The highest BCUT2D eigenvalue weighted by molar-refractivity contribution is 6.03. The van der Waals surface area contributed by atoms with E-state index in [4.69, 9.17) is 14.9 Å². The van der Waals surface area contributed by atoms with Gasteiger partial charge in [-0.1, -0.05) is 0 Å². The summed E-state index contributed by atoms with van der Waals surface area (Å²) >= 11 is 0. The topological polar surface area (TPSA) is 81.6 Å². The van der Waals surface area contributed by atoms with E-state index in [0.29, 0.717) is 16.7 Å². The SMILES string of the molecule is NC(=O)c1coc2cc(CCCN3CCOCC3)cnc12. The van der Waals surface area contributed by atoms with Crippen LogP contribution in [-0.2, 0) is 11.2 Å². The van der Waals surface area contributed by atoms with Crippen LogP contribution in [0.4, 0.5) is 0 Å². The number of ether oxygens (including phenoxy) is 1. The predicted molar refractivity (Wildman–Crippen MR) is 78.1 cm³/mol. The maximum Gasteiger partial charge on any atom is 0.254 e. The summed E-state index contributed by atoms with van der Waals surface area (Å²) in [4.78, 5) is 17.9. The Labute approximate surface area is 122 Å². The third kappa shape index (κ3) is 3.22. The number of pyridine rings is 1. The van der Waals surface area contributed by atoms with Crippen LogP contribution in [0.3, 0.4) is 0 Å². The number of hydrogen-bond donors (Lipinski definition) is 1. The minimum atomic E-state index is -0.513. The minimum Gasteiger partial charge on any atom is -0.462 e. The summed E-state index contributed by atoms with van der Waals surface area (Å²) in [6.07, 6.45) is 5.17. The molecule has 0 radical (unpaired) electrons. The first kappa shape index (κ1) is 14.0. The first-order chi connectivity index (χ1) is 10.2. The second-order valence-corrected chi connectivity index (χ2v) is 5.26. The van der Waals surface area contributed by atoms with Crippen molar-refractivity contribution in [1.29, 1.82) is 0 Å². The molecule has 2 aromatic rings. The standard InChI is InChI=1S/C15H19N3O3/c16-15(19)12-10-21-13-8-11(9-17-14(12)13)2-1-3-18-4-6-20-7-5-18/h8-10H,1-7H2,(H2,16,19). The van der Waals surface area contributed by atoms with Crippen molar-refractivity contribution < 1.29 is 13.9 Å². The zero-order valence-electron chi connectivity index (χ0n) is 11.9. The number of rotatable bonds is 5. The lowest BCUT2D eigenvalue weighted by molar-refractivity contribution is 0.0374. The summed E-state index contributed by atoms with van der Waals surface area (Å²) in [6.45, 7) is 4.74. The highest BCUT2D eigenvalue weighted by Crippen LogP contribution is 2.20. The third-order valence-corrected chi connectivity index (χ3v) is 3.78. The first-order valence-electron chi connectivity index (χ1n) is 7.20. The van der Waals surface area contributed by atoms with Crippen molar-refractivity contribution in [2.24, 2.45) is 5.73 Å². The van der Waals surface area contributed by atoms with Crippen molar-refractivity contribution in [3.63, 3.8) is 0 Å². The van der Waals surface area contributed by atoms with Gasteiger partial charge in [0.1, 0.15) is 17.3 Å². The zero-order chi connectivity index (χ0) is 14.7. The number of carbonyl (C=O) groups excluding carboxylic acids is 1. The number of nitrogens with zero attached hydrogens (tertiary/aromatic N) is 2. The van der Waals surface area contributed by atoms with E-state index in [1.165, 1.54) is 6.26 Å². The van der Waals surface area contributed by atoms with Gasteiger partial charge in [-0.15, -0.1) is 0 Å². The number of morpholine rings is 1. The fourth-order valence-electron chi connectivity index (χ4n) is 2.60. The number of carbonyl (C=O) groups is 1. The molecule has 112 valence electrons.